The van der Waals surface area contributed by atoms with Gasteiger partial charge in [-0.1, -0.05) is 30.1 Å². The Morgan fingerprint density at radius 3 is 2.38 bits per heavy atom. The molecule has 0 spiro atoms. The van der Waals surface area contributed by atoms with Gasteiger partial charge in [-0.15, -0.1) is 0 Å². The highest BCUT2D eigenvalue weighted by molar-refractivity contribution is 6.33. The third-order valence-electron chi connectivity index (χ3n) is 4.44. The highest BCUT2D eigenvalue weighted by atomic mass is 35.5. The zero-order valence-electron chi connectivity index (χ0n) is 13.6. The lowest BCUT2D eigenvalue weighted by atomic mass is 9.99. The standard InChI is InChI=1S/C19H20Cl2N2O/c1-13-8-10-23(11-9-13)18-7-6-16(12-17(18)21)22-19(24)14-2-4-15(20)5-3-14/h2-7,12-13H,8-11H2,1H3,(H,22,24). The van der Waals surface area contributed by atoms with E-state index in [1.807, 2.05) is 18.2 Å². The monoisotopic (exact) mass is 362 g/mol. The Morgan fingerprint density at radius 1 is 1.08 bits per heavy atom. The van der Waals surface area contributed by atoms with Gasteiger partial charge in [0.05, 0.1) is 10.7 Å². The van der Waals surface area contributed by atoms with E-state index >= 15 is 0 Å². The van der Waals surface area contributed by atoms with Gasteiger partial charge >= 0.3 is 0 Å². The van der Waals surface area contributed by atoms with Gasteiger partial charge in [-0.2, -0.15) is 0 Å². The van der Waals surface area contributed by atoms with Crippen molar-refractivity contribution in [3.63, 3.8) is 0 Å². The highest BCUT2D eigenvalue weighted by Gasteiger charge is 2.18. The summed E-state index contributed by atoms with van der Waals surface area (Å²) in [7, 11) is 0. The normalized spacial score (nSPS) is 15.4. The number of benzene rings is 2. The lowest BCUT2D eigenvalue weighted by Gasteiger charge is -2.32. The molecule has 0 atom stereocenters. The molecule has 1 aliphatic heterocycles. The van der Waals surface area contributed by atoms with Crippen LogP contribution in [0.5, 0.6) is 0 Å². The second kappa shape index (κ2) is 7.45. The van der Waals surface area contributed by atoms with Crippen LogP contribution in [0.4, 0.5) is 11.4 Å². The first-order valence-electron chi connectivity index (χ1n) is 8.14. The molecule has 0 aromatic heterocycles. The Balaban J connectivity index is 1.70. The summed E-state index contributed by atoms with van der Waals surface area (Å²) in [5.74, 6) is 0.597. The topological polar surface area (TPSA) is 32.3 Å². The zero-order chi connectivity index (χ0) is 17.1. The number of anilines is 2. The van der Waals surface area contributed by atoms with Crippen LogP contribution in [0.1, 0.15) is 30.1 Å². The predicted molar refractivity (Wildman–Crippen MR) is 101 cm³/mol. The second-order valence-corrected chi connectivity index (χ2v) is 7.14. The molecule has 5 heteroatoms. The summed E-state index contributed by atoms with van der Waals surface area (Å²) in [5.41, 5.74) is 2.28. The number of nitrogens with one attached hydrogen (secondary N) is 1. The minimum absolute atomic E-state index is 0.178. The Morgan fingerprint density at radius 2 is 1.75 bits per heavy atom. The van der Waals surface area contributed by atoms with Crippen LogP contribution >= 0.6 is 23.2 Å². The fraction of sp³-hybridized carbons (Fsp3) is 0.316. The molecule has 1 N–H and O–H groups in total. The molecule has 1 fully saturated rings. The maximum Gasteiger partial charge on any atom is 0.255 e. The summed E-state index contributed by atoms with van der Waals surface area (Å²) < 4.78 is 0. The molecule has 1 saturated heterocycles. The molecule has 2 aromatic carbocycles. The maximum absolute atomic E-state index is 12.3. The minimum Gasteiger partial charge on any atom is -0.370 e. The van der Waals surface area contributed by atoms with E-state index in [4.69, 9.17) is 23.2 Å². The van der Waals surface area contributed by atoms with E-state index < -0.39 is 0 Å². The predicted octanol–water partition coefficient (Wildman–Crippen LogP) is 5.48. The van der Waals surface area contributed by atoms with Gasteiger partial charge in [0.1, 0.15) is 0 Å². The Bertz CT molecular complexity index is 723. The van der Waals surface area contributed by atoms with Crippen LogP contribution in [-0.4, -0.2) is 19.0 Å². The van der Waals surface area contributed by atoms with Gasteiger partial charge in [0.15, 0.2) is 0 Å². The number of hydrogen-bond donors (Lipinski definition) is 1. The summed E-state index contributed by atoms with van der Waals surface area (Å²) >= 11 is 12.3. The molecule has 0 aliphatic carbocycles. The summed E-state index contributed by atoms with van der Waals surface area (Å²) in [4.78, 5) is 14.6. The molecule has 0 bridgehead atoms. The van der Waals surface area contributed by atoms with Gasteiger partial charge in [0.2, 0.25) is 0 Å². The van der Waals surface area contributed by atoms with Crippen LogP contribution in [0, 0.1) is 5.92 Å². The van der Waals surface area contributed by atoms with Gasteiger partial charge in [0, 0.05) is 29.4 Å². The third kappa shape index (κ3) is 4.03. The molecule has 3 nitrogen and oxygen atoms in total. The van der Waals surface area contributed by atoms with Crippen molar-refractivity contribution in [3.05, 3.63) is 58.1 Å². The lowest BCUT2D eigenvalue weighted by Crippen LogP contribution is -2.32. The molecule has 24 heavy (non-hydrogen) atoms. The number of rotatable bonds is 3. The van der Waals surface area contributed by atoms with Crippen molar-refractivity contribution in [2.24, 2.45) is 5.92 Å². The number of carbonyl (C=O) groups excluding carboxylic acids is 1. The summed E-state index contributed by atoms with van der Waals surface area (Å²) in [6, 6.07) is 12.5. The first-order valence-corrected chi connectivity index (χ1v) is 8.90. The molecule has 1 heterocycles. The van der Waals surface area contributed by atoms with Crippen LogP contribution in [0.25, 0.3) is 0 Å². The fourth-order valence-corrected chi connectivity index (χ4v) is 3.32. The van der Waals surface area contributed by atoms with Gasteiger partial charge in [-0.05, 0) is 61.2 Å². The van der Waals surface area contributed by atoms with Crippen molar-refractivity contribution >= 4 is 40.5 Å². The maximum atomic E-state index is 12.3. The van der Waals surface area contributed by atoms with Crippen molar-refractivity contribution < 1.29 is 4.79 Å². The largest absolute Gasteiger partial charge is 0.370 e. The van der Waals surface area contributed by atoms with Crippen LogP contribution in [0.2, 0.25) is 10.0 Å². The van der Waals surface area contributed by atoms with Crippen molar-refractivity contribution in [1.82, 2.24) is 0 Å². The van der Waals surface area contributed by atoms with Crippen molar-refractivity contribution in [2.75, 3.05) is 23.3 Å². The SMILES string of the molecule is CC1CCN(c2ccc(NC(=O)c3ccc(Cl)cc3)cc2Cl)CC1. The van der Waals surface area contributed by atoms with Crippen LogP contribution in [-0.2, 0) is 0 Å². The van der Waals surface area contributed by atoms with Crippen LogP contribution in [0.3, 0.4) is 0 Å². The van der Waals surface area contributed by atoms with Gasteiger partial charge in [-0.25, -0.2) is 0 Å². The smallest absolute Gasteiger partial charge is 0.255 e. The van der Waals surface area contributed by atoms with Crippen molar-refractivity contribution in [3.8, 4) is 0 Å². The second-order valence-electron chi connectivity index (χ2n) is 6.30. The number of carbonyl (C=O) groups is 1. The van der Waals surface area contributed by atoms with E-state index in [9.17, 15) is 4.79 Å². The van der Waals surface area contributed by atoms with Crippen LogP contribution in [0.15, 0.2) is 42.5 Å². The summed E-state index contributed by atoms with van der Waals surface area (Å²) in [5, 5.41) is 4.14. The number of halogens is 2. The molecule has 1 aliphatic rings. The first kappa shape index (κ1) is 17.1. The zero-order valence-corrected chi connectivity index (χ0v) is 15.1. The van der Waals surface area contributed by atoms with Crippen molar-refractivity contribution in [2.45, 2.75) is 19.8 Å². The van der Waals surface area contributed by atoms with E-state index in [1.165, 1.54) is 12.8 Å². The molecule has 1 amide bonds. The average molecular weight is 363 g/mol. The average Bonchev–Trinajstić information content (AvgIpc) is 2.57. The summed E-state index contributed by atoms with van der Waals surface area (Å²) in [6.07, 6.45) is 2.37. The number of hydrogen-bond acceptors (Lipinski definition) is 2. The van der Waals surface area contributed by atoms with Gasteiger partial charge in [-0.3, -0.25) is 4.79 Å². The molecule has 2 aromatic rings. The van der Waals surface area contributed by atoms with Gasteiger partial charge in [0.25, 0.3) is 5.91 Å². The van der Waals surface area contributed by atoms with Crippen LogP contribution < -0.4 is 10.2 Å². The Kier molecular flexibility index (Phi) is 5.32. The van der Waals surface area contributed by atoms with Gasteiger partial charge < -0.3 is 10.2 Å². The number of amides is 1. The van der Waals surface area contributed by atoms with E-state index in [1.54, 1.807) is 24.3 Å². The molecule has 0 saturated carbocycles. The first-order chi connectivity index (χ1) is 11.5. The quantitative estimate of drug-likeness (QED) is 0.783. The lowest BCUT2D eigenvalue weighted by molar-refractivity contribution is 0.102. The molecule has 0 unspecified atom stereocenters. The molecular formula is C19H20Cl2N2O. The van der Waals surface area contributed by atoms with E-state index in [0.29, 0.717) is 21.3 Å². The van der Waals surface area contributed by atoms with E-state index in [0.717, 1.165) is 24.7 Å². The van der Waals surface area contributed by atoms with E-state index in [2.05, 4.69) is 17.1 Å². The molecular weight excluding hydrogens is 343 g/mol. The number of nitrogens with zero attached hydrogens (tertiary/aromatic N) is 1. The molecule has 0 radical (unpaired) electrons. The minimum atomic E-state index is -0.178. The molecule has 3 rings (SSSR count). The Hall–Kier alpha value is -1.71. The Labute approximate surface area is 152 Å². The number of piperidine rings is 1. The van der Waals surface area contributed by atoms with E-state index in [-0.39, 0.29) is 5.91 Å². The summed E-state index contributed by atoms with van der Waals surface area (Å²) in [6.45, 7) is 4.34. The fourth-order valence-electron chi connectivity index (χ4n) is 2.90. The molecule has 126 valence electrons. The highest BCUT2D eigenvalue weighted by Crippen LogP contribution is 2.32. The van der Waals surface area contributed by atoms with Crippen molar-refractivity contribution in [1.29, 1.82) is 0 Å². The third-order valence-corrected chi connectivity index (χ3v) is 4.99.